The number of hydrogen-bond acceptors (Lipinski definition) is 2. The van der Waals surface area contributed by atoms with E-state index in [9.17, 15) is 0 Å². The molecule has 0 saturated heterocycles. The lowest BCUT2D eigenvalue weighted by molar-refractivity contribution is 1.24. The minimum Gasteiger partial charge on any atom is -0.398 e. The maximum atomic E-state index is 6.11. The van der Waals surface area contributed by atoms with Crippen LogP contribution >= 0.6 is 0 Å². The van der Waals surface area contributed by atoms with Crippen LogP contribution in [0.1, 0.15) is 11.1 Å². The fourth-order valence-electron chi connectivity index (χ4n) is 3.31. The first-order valence-corrected chi connectivity index (χ1v) is 7.76. The summed E-state index contributed by atoms with van der Waals surface area (Å²) in [5.41, 5.74) is 16.4. The van der Waals surface area contributed by atoms with Crippen molar-refractivity contribution in [1.82, 2.24) is 0 Å². The van der Waals surface area contributed by atoms with Crippen molar-refractivity contribution in [3.63, 3.8) is 0 Å². The minimum atomic E-state index is 0.825. The molecular weight excluding hydrogens is 280 g/mol. The summed E-state index contributed by atoms with van der Waals surface area (Å²) in [6.07, 6.45) is 0.863. The number of rotatable bonds is 2. The second-order valence-corrected chi connectivity index (χ2v) is 5.90. The molecule has 2 nitrogen and oxygen atoms in total. The monoisotopic (exact) mass is 298 g/mol. The highest BCUT2D eigenvalue weighted by molar-refractivity contribution is 5.97. The maximum Gasteiger partial charge on any atom is 0.0393 e. The van der Waals surface area contributed by atoms with Gasteiger partial charge in [-0.15, -0.1) is 0 Å². The number of nitrogen functional groups attached to an aromatic ring is 2. The van der Waals surface area contributed by atoms with Gasteiger partial charge in [-0.2, -0.15) is 0 Å². The van der Waals surface area contributed by atoms with Gasteiger partial charge in [-0.3, -0.25) is 0 Å². The van der Waals surface area contributed by atoms with Crippen LogP contribution in [-0.4, -0.2) is 0 Å². The van der Waals surface area contributed by atoms with Crippen LogP contribution in [0.4, 0.5) is 11.4 Å². The zero-order chi connectivity index (χ0) is 15.8. The summed E-state index contributed by atoms with van der Waals surface area (Å²) >= 11 is 0. The van der Waals surface area contributed by atoms with Crippen molar-refractivity contribution in [2.45, 2.75) is 6.42 Å². The van der Waals surface area contributed by atoms with Crippen LogP contribution in [0.3, 0.4) is 0 Å². The van der Waals surface area contributed by atoms with E-state index in [2.05, 4.69) is 48.5 Å². The Bertz CT molecular complexity index is 935. The van der Waals surface area contributed by atoms with E-state index >= 15 is 0 Å². The van der Waals surface area contributed by atoms with E-state index in [4.69, 9.17) is 11.5 Å². The molecule has 0 spiro atoms. The molecule has 0 aliphatic rings. The lowest BCUT2D eigenvalue weighted by Gasteiger charge is -2.11. The van der Waals surface area contributed by atoms with E-state index in [0.717, 1.165) is 28.6 Å². The zero-order valence-corrected chi connectivity index (χ0v) is 12.8. The van der Waals surface area contributed by atoms with Gasteiger partial charge in [0.2, 0.25) is 0 Å². The summed E-state index contributed by atoms with van der Waals surface area (Å²) in [4.78, 5) is 0. The molecule has 4 N–H and O–H groups in total. The zero-order valence-electron chi connectivity index (χ0n) is 12.8. The lowest BCUT2D eigenvalue weighted by atomic mass is 9.94. The molecular formula is C21H18N2. The number of fused-ring (bicyclic) bond motifs is 2. The fourth-order valence-corrected chi connectivity index (χ4v) is 3.31. The van der Waals surface area contributed by atoms with Crippen molar-refractivity contribution in [2.75, 3.05) is 11.5 Å². The van der Waals surface area contributed by atoms with Gasteiger partial charge >= 0.3 is 0 Å². The van der Waals surface area contributed by atoms with Gasteiger partial charge in [-0.05, 0) is 40.5 Å². The molecule has 0 amide bonds. The molecule has 0 aliphatic heterocycles. The molecule has 112 valence electrons. The van der Waals surface area contributed by atoms with Gasteiger partial charge in [0.15, 0.2) is 0 Å². The normalized spacial score (nSPS) is 11.1. The highest BCUT2D eigenvalue weighted by atomic mass is 14.6. The SMILES string of the molecule is Nc1cccc2c(Cc3cccc4c(N)cccc34)cccc12. The second kappa shape index (κ2) is 5.33. The van der Waals surface area contributed by atoms with Crippen LogP contribution in [-0.2, 0) is 6.42 Å². The van der Waals surface area contributed by atoms with Crippen LogP contribution in [0, 0.1) is 0 Å². The van der Waals surface area contributed by atoms with Crippen molar-refractivity contribution in [3.8, 4) is 0 Å². The topological polar surface area (TPSA) is 52.0 Å². The number of nitrogens with two attached hydrogens (primary N) is 2. The third kappa shape index (κ3) is 2.29. The highest BCUT2D eigenvalue weighted by Gasteiger charge is 2.07. The molecule has 4 rings (SSSR count). The first-order valence-electron chi connectivity index (χ1n) is 7.76. The van der Waals surface area contributed by atoms with Gasteiger partial charge in [0.05, 0.1) is 0 Å². The van der Waals surface area contributed by atoms with Gasteiger partial charge in [0.25, 0.3) is 0 Å². The molecule has 0 bridgehead atoms. The molecule has 0 heterocycles. The summed E-state index contributed by atoms with van der Waals surface area (Å²) in [6.45, 7) is 0. The molecule has 0 saturated carbocycles. The van der Waals surface area contributed by atoms with Crippen molar-refractivity contribution in [2.24, 2.45) is 0 Å². The highest BCUT2D eigenvalue weighted by Crippen LogP contribution is 2.29. The predicted molar refractivity (Wildman–Crippen MR) is 99.5 cm³/mol. The predicted octanol–water partition coefficient (Wildman–Crippen LogP) is 4.75. The summed E-state index contributed by atoms with van der Waals surface area (Å²) < 4.78 is 0. The minimum absolute atomic E-state index is 0.825. The average molecular weight is 298 g/mol. The van der Waals surface area contributed by atoms with Gasteiger partial charge in [0, 0.05) is 22.1 Å². The van der Waals surface area contributed by atoms with Gasteiger partial charge in [-0.1, -0.05) is 60.7 Å². The van der Waals surface area contributed by atoms with Crippen molar-refractivity contribution in [3.05, 3.63) is 83.9 Å². The molecule has 2 heteroatoms. The number of anilines is 2. The Kier molecular flexibility index (Phi) is 3.16. The first kappa shape index (κ1) is 13.6. The third-order valence-corrected chi connectivity index (χ3v) is 4.47. The molecule has 0 unspecified atom stereocenters. The molecule has 0 radical (unpaired) electrons. The third-order valence-electron chi connectivity index (χ3n) is 4.47. The molecule has 0 fully saturated rings. The standard InChI is InChI=1S/C21H18N2/c22-20-11-3-7-16-14(5-1-9-18(16)20)13-15-6-2-10-19-17(15)8-4-12-21(19)23/h1-12H,13,22-23H2. The summed E-state index contributed by atoms with van der Waals surface area (Å²) in [7, 11) is 0. The Balaban J connectivity index is 1.89. The van der Waals surface area contributed by atoms with Gasteiger partial charge in [0.1, 0.15) is 0 Å². The van der Waals surface area contributed by atoms with E-state index in [1.54, 1.807) is 0 Å². The van der Waals surface area contributed by atoms with Crippen LogP contribution in [0.2, 0.25) is 0 Å². The van der Waals surface area contributed by atoms with Crippen LogP contribution in [0.25, 0.3) is 21.5 Å². The molecule has 4 aromatic carbocycles. The molecule has 0 atom stereocenters. The summed E-state index contributed by atoms with van der Waals surface area (Å²) in [5.74, 6) is 0. The van der Waals surface area contributed by atoms with E-state index in [1.807, 2.05) is 24.3 Å². The first-order chi connectivity index (χ1) is 11.2. The molecule has 23 heavy (non-hydrogen) atoms. The maximum absolute atomic E-state index is 6.11. The lowest BCUT2D eigenvalue weighted by Crippen LogP contribution is -1.95. The van der Waals surface area contributed by atoms with Crippen LogP contribution in [0.5, 0.6) is 0 Å². The van der Waals surface area contributed by atoms with Gasteiger partial charge < -0.3 is 11.5 Å². The second-order valence-electron chi connectivity index (χ2n) is 5.90. The quantitative estimate of drug-likeness (QED) is 0.525. The fraction of sp³-hybridized carbons (Fsp3) is 0.0476. The van der Waals surface area contributed by atoms with Crippen molar-refractivity contribution >= 4 is 32.9 Å². The Labute approximate surface area is 135 Å². The largest absolute Gasteiger partial charge is 0.398 e. The van der Waals surface area contributed by atoms with E-state index < -0.39 is 0 Å². The molecule has 0 aliphatic carbocycles. The van der Waals surface area contributed by atoms with Crippen molar-refractivity contribution < 1.29 is 0 Å². The Hall–Kier alpha value is -3.00. The molecule has 0 aromatic heterocycles. The van der Waals surface area contributed by atoms with Crippen molar-refractivity contribution in [1.29, 1.82) is 0 Å². The smallest absolute Gasteiger partial charge is 0.0393 e. The van der Waals surface area contributed by atoms with E-state index in [1.165, 1.54) is 21.9 Å². The molecule has 4 aromatic rings. The number of hydrogen-bond donors (Lipinski definition) is 2. The van der Waals surface area contributed by atoms with Crippen LogP contribution < -0.4 is 11.5 Å². The Morgan fingerprint density at radius 2 is 0.870 bits per heavy atom. The summed E-state index contributed by atoms with van der Waals surface area (Å²) in [6, 6.07) is 24.9. The van der Waals surface area contributed by atoms with Gasteiger partial charge in [-0.25, -0.2) is 0 Å². The van der Waals surface area contributed by atoms with Crippen LogP contribution in [0.15, 0.2) is 72.8 Å². The van der Waals surface area contributed by atoms with E-state index in [0.29, 0.717) is 0 Å². The Morgan fingerprint density at radius 1 is 0.478 bits per heavy atom. The number of benzene rings is 4. The summed E-state index contributed by atoms with van der Waals surface area (Å²) in [5, 5.41) is 4.66. The Morgan fingerprint density at radius 3 is 1.35 bits per heavy atom. The van der Waals surface area contributed by atoms with E-state index in [-0.39, 0.29) is 0 Å². The average Bonchev–Trinajstić information content (AvgIpc) is 2.57.